The number of ether oxygens (including phenoxy) is 1. The number of nitrogens with one attached hydrogen (secondary N) is 1. The molecule has 2 aromatic rings. The number of anilines is 1. The number of carbonyl (C=O) groups excluding carboxylic acids is 2. The van der Waals surface area contributed by atoms with E-state index in [1.54, 1.807) is 35.8 Å². The van der Waals surface area contributed by atoms with Crippen LogP contribution in [-0.4, -0.2) is 23.6 Å². The van der Waals surface area contributed by atoms with Gasteiger partial charge in [0.2, 0.25) is 0 Å². The number of benzene rings is 2. The Balaban J connectivity index is 2.01. The molecule has 2 aromatic carbocycles. The minimum atomic E-state index is -0.687. The third-order valence-electron chi connectivity index (χ3n) is 3.73. The van der Waals surface area contributed by atoms with Crippen molar-refractivity contribution in [1.29, 1.82) is 5.26 Å². The highest BCUT2D eigenvalue weighted by Gasteiger charge is 2.27. The van der Waals surface area contributed by atoms with Crippen LogP contribution in [0.1, 0.15) is 21.5 Å². The molecule has 120 valence electrons. The molecular formula is C17H13N3O4. The van der Waals surface area contributed by atoms with E-state index >= 15 is 0 Å². The summed E-state index contributed by atoms with van der Waals surface area (Å²) < 4.78 is 5.38. The zero-order chi connectivity index (χ0) is 17.1. The molecule has 7 heteroatoms. The number of hydrogen-bond donors (Lipinski definition) is 2. The van der Waals surface area contributed by atoms with Crippen LogP contribution in [0.2, 0.25) is 0 Å². The van der Waals surface area contributed by atoms with Crippen LogP contribution in [0.3, 0.4) is 0 Å². The molecule has 7 nitrogen and oxygen atoms in total. The second kappa shape index (κ2) is 6.40. The lowest BCUT2D eigenvalue weighted by atomic mass is 10.1. The van der Waals surface area contributed by atoms with Crippen molar-refractivity contribution in [3.8, 4) is 11.8 Å². The van der Waals surface area contributed by atoms with Crippen LogP contribution in [0.4, 0.5) is 5.69 Å². The van der Waals surface area contributed by atoms with E-state index in [2.05, 4.69) is 6.07 Å². The molecule has 24 heavy (non-hydrogen) atoms. The molecule has 1 aliphatic rings. The van der Waals surface area contributed by atoms with Gasteiger partial charge < -0.3 is 9.64 Å². The number of hydrogen-bond acceptors (Lipinski definition) is 5. The van der Waals surface area contributed by atoms with Crippen LogP contribution in [0, 0.1) is 11.3 Å². The minimum absolute atomic E-state index is 0.118. The first-order valence-electron chi connectivity index (χ1n) is 7.13. The fraction of sp³-hybridized carbons (Fsp3) is 0.118. The van der Waals surface area contributed by atoms with Gasteiger partial charge in [-0.2, -0.15) is 5.26 Å². The van der Waals surface area contributed by atoms with Crippen LogP contribution in [0.25, 0.3) is 0 Å². The summed E-state index contributed by atoms with van der Waals surface area (Å²) >= 11 is 0. The molecule has 0 fully saturated rings. The summed E-state index contributed by atoms with van der Waals surface area (Å²) in [5.74, 6) is -0.511. The van der Waals surface area contributed by atoms with Gasteiger partial charge in [0.25, 0.3) is 11.8 Å². The topological polar surface area (TPSA) is 103 Å². The number of rotatable bonds is 3. The molecule has 0 unspecified atom stereocenters. The van der Waals surface area contributed by atoms with Crippen molar-refractivity contribution in [3.63, 3.8) is 0 Å². The predicted octanol–water partition coefficient (Wildman–Crippen LogP) is 1.60. The smallest absolute Gasteiger partial charge is 0.274 e. The largest absolute Gasteiger partial charge is 0.482 e. The first-order chi connectivity index (χ1) is 11.6. The highest BCUT2D eigenvalue weighted by atomic mass is 16.5. The lowest BCUT2D eigenvalue weighted by molar-refractivity contribution is -0.121. The Labute approximate surface area is 137 Å². The van der Waals surface area contributed by atoms with Crippen molar-refractivity contribution in [3.05, 3.63) is 59.2 Å². The maximum atomic E-state index is 12.3. The van der Waals surface area contributed by atoms with Crippen molar-refractivity contribution in [2.24, 2.45) is 0 Å². The van der Waals surface area contributed by atoms with Crippen LogP contribution in [0.15, 0.2) is 42.5 Å². The van der Waals surface area contributed by atoms with Gasteiger partial charge in [-0.1, -0.05) is 18.2 Å². The summed E-state index contributed by atoms with van der Waals surface area (Å²) in [6.07, 6.45) is 0. The molecule has 0 saturated heterocycles. The van der Waals surface area contributed by atoms with Gasteiger partial charge in [-0.25, -0.2) is 5.48 Å². The van der Waals surface area contributed by atoms with E-state index in [1.807, 2.05) is 0 Å². The van der Waals surface area contributed by atoms with E-state index in [0.717, 1.165) is 0 Å². The fourth-order valence-electron chi connectivity index (χ4n) is 2.52. The monoisotopic (exact) mass is 323 g/mol. The van der Waals surface area contributed by atoms with Crippen LogP contribution in [-0.2, 0) is 11.3 Å². The van der Waals surface area contributed by atoms with Crippen molar-refractivity contribution < 1.29 is 19.5 Å². The molecule has 2 N–H and O–H groups in total. The molecular weight excluding hydrogens is 310 g/mol. The number of amides is 2. The highest BCUT2D eigenvalue weighted by Crippen LogP contribution is 2.34. The molecule has 0 aliphatic carbocycles. The van der Waals surface area contributed by atoms with Crippen molar-refractivity contribution in [2.75, 3.05) is 11.5 Å². The highest BCUT2D eigenvalue weighted by molar-refractivity contribution is 6.01. The molecule has 0 bridgehead atoms. The maximum absolute atomic E-state index is 12.3. The van der Waals surface area contributed by atoms with Crippen LogP contribution < -0.4 is 15.1 Å². The molecule has 0 aromatic heterocycles. The third-order valence-corrected chi connectivity index (χ3v) is 3.73. The normalized spacial score (nSPS) is 12.8. The second-order valence-corrected chi connectivity index (χ2v) is 5.16. The molecule has 1 aliphatic heterocycles. The Hall–Kier alpha value is -3.37. The van der Waals surface area contributed by atoms with Gasteiger partial charge in [0, 0.05) is 5.56 Å². The second-order valence-electron chi connectivity index (χ2n) is 5.16. The van der Waals surface area contributed by atoms with Gasteiger partial charge in [-0.3, -0.25) is 14.8 Å². The zero-order valence-corrected chi connectivity index (χ0v) is 12.5. The summed E-state index contributed by atoms with van der Waals surface area (Å²) in [6.45, 7) is 0.0659. The van der Waals surface area contributed by atoms with Gasteiger partial charge >= 0.3 is 0 Å². The Morgan fingerprint density at radius 3 is 2.88 bits per heavy atom. The van der Waals surface area contributed by atoms with Gasteiger partial charge in [-0.15, -0.1) is 0 Å². The summed E-state index contributed by atoms with van der Waals surface area (Å²) in [6, 6.07) is 13.6. The Bertz CT molecular complexity index is 857. The lowest BCUT2D eigenvalue weighted by Gasteiger charge is -2.30. The average molecular weight is 323 g/mol. The lowest BCUT2D eigenvalue weighted by Crippen LogP contribution is -2.38. The average Bonchev–Trinajstić information content (AvgIpc) is 2.63. The number of nitrogens with zero attached hydrogens (tertiary/aromatic N) is 2. The standard InChI is InChI=1S/C17H13N3O4/c18-8-12-3-1-2-4-13(12)9-20-14-7-11(17(22)19-23)5-6-15(14)24-10-16(20)21/h1-7,23H,9-10H2,(H,19,22). The summed E-state index contributed by atoms with van der Waals surface area (Å²) in [7, 11) is 0. The third kappa shape index (κ3) is 2.78. The first-order valence-corrected chi connectivity index (χ1v) is 7.13. The molecule has 2 amide bonds. The van der Waals surface area contributed by atoms with Crippen molar-refractivity contribution >= 4 is 17.5 Å². The van der Waals surface area contributed by atoms with E-state index in [-0.39, 0.29) is 24.6 Å². The quantitative estimate of drug-likeness (QED) is 0.660. The summed E-state index contributed by atoms with van der Waals surface area (Å²) in [5, 5.41) is 18.0. The first kappa shape index (κ1) is 15.5. The van der Waals surface area contributed by atoms with Crippen molar-refractivity contribution in [2.45, 2.75) is 6.54 Å². The Morgan fingerprint density at radius 2 is 2.12 bits per heavy atom. The molecule has 1 heterocycles. The number of fused-ring (bicyclic) bond motifs is 1. The van der Waals surface area contributed by atoms with Crippen molar-refractivity contribution in [1.82, 2.24) is 5.48 Å². The van der Waals surface area contributed by atoms with E-state index in [9.17, 15) is 14.9 Å². The SMILES string of the molecule is N#Cc1ccccc1CN1C(=O)COc2ccc(C(=O)NO)cc21. The van der Waals surface area contributed by atoms with E-state index in [0.29, 0.717) is 22.6 Å². The number of nitriles is 1. The molecule has 0 radical (unpaired) electrons. The Morgan fingerprint density at radius 1 is 1.33 bits per heavy atom. The van der Waals surface area contributed by atoms with Crippen LogP contribution >= 0.6 is 0 Å². The number of hydroxylamine groups is 1. The Kier molecular flexibility index (Phi) is 4.14. The van der Waals surface area contributed by atoms with Gasteiger partial charge in [-0.05, 0) is 29.8 Å². The van der Waals surface area contributed by atoms with Gasteiger partial charge in [0.05, 0.1) is 23.9 Å². The van der Waals surface area contributed by atoms with Crippen LogP contribution in [0.5, 0.6) is 5.75 Å². The molecule has 0 saturated carbocycles. The minimum Gasteiger partial charge on any atom is -0.482 e. The predicted molar refractivity (Wildman–Crippen MR) is 83.5 cm³/mol. The van der Waals surface area contributed by atoms with Gasteiger partial charge in [0.1, 0.15) is 5.75 Å². The summed E-state index contributed by atoms with van der Waals surface area (Å²) in [5.41, 5.74) is 3.33. The van der Waals surface area contributed by atoms with E-state index < -0.39 is 5.91 Å². The van der Waals surface area contributed by atoms with Gasteiger partial charge in [0.15, 0.2) is 6.61 Å². The molecule has 3 rings (SSSR count). The van der Waals surface area contributed by atoms with E-state index in [1.165, 1.54) is 17.0 Å². The molecule has 0 atom stereocenters. The zero-order valence-electron chi connectivity index (χ0n) is 12.5. The summed E-state index contributed by atoms with van der Waals surface area (Å²) in [4.78, 5) is 25.3. The number of carbonyl (C=O) groups is 2. The fourth-order valence-corrected chi connectivity index (χ4v) is 2.52. The molecule has 0 spiro atoms. The van der Waals surface area contributed by atoms with E-state index in [4.69, 9.17) is 9.94 Å². The maximum Gasteiger partial charge on any atom is 0.274 e.